The normalized spacial score (nSPS) is 18.5. The molecule has 1 fully saturated rings. The number of hydrogen-bond acceptors (Lipinski definition) is 7. The van der Waals surface area contributed by atoms with Gasteiger partial charge in [0, 0.05) is 42.8 Å². The molecule has 2 aromatic heterocycles. The average Bonchev–Trinajstić information content (AvgIpc) is 3.10. The first-order valence-electron chi connectivity index (χ1n) is 9.40. The summed E-state index contributed by atoms with van der Waals surface area (Å²) in [5, 5.41) is 15.1. The number of pyridine rings is 1. The summed E-state index contributed by atoms with van der Waals surface area (Å²) in [6, 6.07) is 8.39. The molecule has 146 valence electrons. The highest BCUT2D eigenvalue weighted by Crippen LogP contribution is 2.27. The molecule has 0 aliphatic carbocycles. The number of benzene rings is 1. The molecule has 0 unspecified atom stereocenters. The van der Waals surface area contributed by atoms with Crippen molar-refractivity contribution in [3.05, 3.63) is 35.5 Å². The molecule has 0 radical (unpaired) electrons. The van der Waals surface area contributed by atoms with Gasteiger partial charge < -0.3 is 10.2 Å². The van der Waals surface area contributed by atoms with Crippen LogP contribution in [0.1, 0.15) is 11.9 Å². The van der Waals surface area contributed by atoms with Crippen LogP contribution in [0.4, 0.5) is 5.82 Å². The molecule has 4 rings (SSSR count). The van der Waals surface area contributed by atoms with Crippen molar-refractivity contribution in [2.75, 3.05) is 38.5 Å². The Bertz CT molecular complexity index is 1000. The number of aryl methyl sites for hydroxylation is 1. The van der Waals surface area contributed by atoms with E-state index in [1.165, 1.54) is 0 Å². The SMILES string of the molecule is Cc1nnc(-c2ccc3cnc(NC(=O)CN4CCN(C)C[C@@H]4C)cc3c2)s1. The Balaban J connectivity index is 1.48. The fraction of sp³-hybridized carbons (Fsp3) is 0.400. The summed E-state index contributed by atoms with van der Waals surface area (Å²) >= 11 is 1.57. The molecule has 1 atom stereocenters. The minimum absolute atomic E-state index is 0.0286. The Hall–Kier alpha value is -2.42. The third-order valence-electron chi connectivity index (χ3n) is 5.08. The molecule has 8 heteroatoms. The van der Waals surface area contributed by atoms with Crippen molar-refractivity contribution in [2.45, 2.75) is 19.9 Å². The second kappa shape index (κ2) is 7.90. The zero-order valence-corrected chi connectivity index (χ0v) is 17.2. The van der Waals surface area contributed by atoms with E-state index in [2.05, 4.69) is 50.3 Å². The highest BCUT2D eigenvalue weighted by molar-refractivity contribution is 7.14. The van der Waals surface area contributed by atoms with E-state index in [0.29, 0.717) is 18.4 Å². The van der Waals surface area contributed by atoms with E-state index in [9.17, 15) is 4.79 Å². The molecule has 28 heavy (non-hydrogen) atoms. The zero-order chi connectivity index (χ0) is 19.7. The van der Waals surface area contributed by atoms with Gasteiger partial charge in [-0.3, -0.25) is 9.69 Å². The molecule has 3 heterocycles. The Kier molecular flexibility index (Phi) is 5.34. The lowest BCUT2D eigenvalue weighted by Gasteiger charge is -2.37. The van der Waals surface area contributed by atoms with Gasteiger partial charge in [0.1, 0.15) is 15.8 Å². The highest BCUT2D eigenvalue weighted by atomic mass is 32.1. The first-order valence-corrected chi connectivity index (χ1v) is 10.2. The number of carbonyl (C=O) groups excluding carboxylic acids is 1. The van der Waals surface area contributed by atoms with E-state index in [0.717, 1.165) is 46.0 Å². The maximum Gasteiger partial charge on any atom is 0.239 e. The van der Waals surface area contributed by atoms with Crippen LogP contribution >= 0.6 is 11.3 Å². The summed E-state index contributed by atoms with van der Waals surface area (Å²) in [5.74, 6) is 0.545. The topological polar surface area (TPSA) is 74.2 Å². The lowest BCUT2D eigenvalue weighted by Crippen LogP contribution is -2.52. The highest BCUT2D eigenvalue weighted by Gasteiger charge is 2.23. The quantitative estimate of drug-likeness (QED) is 0.731. The van der Waals surface area contributed by atoms with Crippen molar-refractivity contribution in [3.63, 3.8) is 0 Å². The lowest BCUT2D eigenvalue weighted by molar-refractivity contribution is -0.118. The third-order valence-corrected chi connectivity index (χ3v) is 5.96. The van der Waals surface area contributed by atoms with Gasteiger partial charge in [0.25, 0.3) is 0 Å². The summed E-state index contributed by atoms with van der Waals surface area (Å²) < 4.78 is 0. The van der Waals surface area contributed by atoms with Gasteiger partial charge >= 0.3 is 0 Å². The summed E-state index contributed by atoms with van der Waals surface area (Å²) in [4.78, 5) is 21.4. The largest absolute Gasteiger partial charge is 0.310 e. The summed E-state index contributed by atoms with van der Waals surface area (Å²) in [5.41, 5.74) is 1.02. The summed E-state index contributed by atoms with van der Waals surface area (Å²) in [7, 11) is 2.12. The molecule has 1 aromatic carbocycles. The molecule has 1 amide bonds. The number of hydrogen-bond donors (Lipinski definition) is 1. The van der Waals surface area contributed by atoms with Crippen molar-refractivity contribution < 1.29 is 4.79 Å². The van der Waals surface area contributed by atoms with E-state index >= 15 is 0 Å². The molecule has 1 N–H and O–H groups in total. The Morgan fingerprint density at radius 2 is 2.11 bits per heavy atom. The van der Waals surface area contributed by atoms with Crippen LogP contribution in [0, 0.1) is 6.92 Å². The molecule has 7 nitrogen and oxygen atoms in total. The van der Waals surface area contributed by atoms with Crippen LogP contribution in [0.25, 0.3) is 21.3 Å². The predicted octanol–water partition coefficient (Wildman–Crippen LogP) is 2.64. The van der Waals surface area contributed by atoms with Crippen LogP contribution in [0.15, 0.2) is 30.5 Å². The minimum Gasteiger partial charge on any atom is -0.310 e. The van der Waals surface area contributed by atoms with Crippen LogP contribution in [-0.2, 0) is 4.79 Å². The van der Waals surface area contributed by atoms with Crippen molar-refractivity contribution in [2.24, 2.45) is 0 Å². The smallest absolute Gasteiger partial charge is 0.239 e. The first-order chi connectivity index (χ1) is 13.5. The number of anilines is 1. The minimum atomic E-state index is -0.0286. The standard InChI is InChI=1S/C20H24N6OS/c1-13-11-25(3)6-7-26(13)12-19(27)22-18-9-17-8-15(4-5-16(17)10-21-18)20-24-23-14(2)28-20/h4-5,8-10,13H,6-7,11-12H2,1-3H3,(H,21,22,27)/t13-/m0/s1. The second-order valence-corrected chi connectivity index (χ2v) is 8.57. The van der Waals surface area contributed by atoms with E-state index in [-0.39, 0.29) is 5.91 Å². The van der Waals surface area contributed by atoms with E-state index in [1.54, 1.807) is 17.5 Å². The number of nitrogens with zero attached hydrogens (tertiary/aromatic N) is 5. The molecule has 1 aliphatic rings. The number of nitrogens with one attached hydrogen (secondary N) is 1. The number of aromatic nitrogens is 3. The first kappa shape index (κ1) is 18.9. The van der Waals surface area contributed by atoms with E-state index in [1.807, 2.05) is 25.1 Å². The maximum atomic E-state index is 12.5. The van der Waals surface area contributed by atoms with Gasteiger partial charge in [0.2, 0.25) is 5.91 Å². The monoisotopic (exact) mass is 396 g/mol. The Morgan fingerprint density at radius 1 is 1.25 bits per heavy atom. The van der Waals surface area contributed by atoms with Crippen LogP contribution < -0.4 is 5.32 Å². The number of amides is 1. The van der Waals surface area contributed by atoms with Gasteiger partial charge in [-0.15, -0.1) is 10.2 Å². The van der Waals surface area contributed by atoms with Gasteiger partial charge in [-0.2, -0.15) is 0 Å². The van der Waals surface area contributed by atoms with Gasteiger partial charge in [-0.25, -0.2) is 4.98 Å². The number of carbonyl (C=O) groups is 1. The fourth-order valence-electron chi connectivity index (χ4n) is 3.53. The second-order valence-electron chi connectivity index (χ2n) is 7.39. The summed E-state index contributed by atoms with van der Waals surface area (Å²) in [6.45, 7) is 7.36. The van der Waals surface area contributed by atoms with Crippen molar-refractivity contribution in [3.8, 4) is 10.6 Å². The number of fused-ring (bicyclic) bond motifs is 1. The third kappa shape index (κ3) is 4.19. The molecule has 0 bridgehead atoms. The molecule has 0 spiro atoms. The molecule has 0 saturated carbocycles. The van der Waals surface area contributed by atoms with E-state index < -0.39 is 0 Å². The molecular weight excluding hydrogens is 372 g/mol. The number of likely N-dealkylation sites (N-methyl/N-ethyl adjacent to an activating group) is 1. The Labute approximate surface area is 168 Å². The molecule has 1 saturated heterocycles. The number of piperazine rings is 1. The van der Waals surface area contributed by atoms with Crippen molar-refractivity contribution >= 4 is 33.8 Å². The molecular formula is C20H24N6OS. The van der Waals surface area contributed by atoms with Crippen LogP contribution in [0.3, 0.4) is 0 Å². The van der Waals surface area contributed by atoms with Gasteiger partial charge in [0.15, 0.2) is 0 Å². The van der Waals surface area contributed by atoms with Crippen molar-refractivity contribution in [1.29, 1.82) is 0 Å². The van der Waals surface area contributed by atoms with Gasteiger partial charge in [-0.05, 0) is 38.4 Å². The van der Waals surface area contributed by atoms with Crippen molar-refractivity contribution in [1.82, 2.24) is 25.0 Å². The van der Waals surface area contributed by atoms with Crippen LogP contribution in [0.2, 0.25) is 0 Å². The lowest BCUT2D eigenvalue weighted by atomic mass is 10.1. The van der Waals surface area contributed by atoms with Crippen LogP contribution in [-0.4, -0.2) is 70.2 Å². The van der Waals surface area contributed by atoms with Gasteiger partial charge in [-0.1, -0.05) is 23.5 Å². The average molecular weight is 397 g/mol. The Morgan fingerprint density at radius 3 is 2.86 bits per heavy atom. The maximum absolute atomic E-state index is 12.5. The molecule has 1 aliphatic heterocycles. The van der Waals surface area contributed by atoms with Crippen LogP contribution in [0.5, 0.6) is 0 Å². The predicted molar refractivity (Wildman–Crippen MR) is 113 cm³/mol. The van der Waals surface area contributed by atoms with Gasteiger partial charge in [0.05, 0.1) is 6.54 Å². The fourth-order valence-corrected chi connectivity index (χ4v) is 4.22. The molecule has 3 aromatic rings. The summed E-state index contributed by atoms with van der Waals surface area (Å²) in [6.07, 6.45) is 1.79. The van der Waals surface area contributed by atoms with E-state index in [4.69, 9.17) is 0 Å². The zero-order valence-electron chi connectivity index (χ0n) is 16.3. The number of rotatable bonds is 4.